The second kappa shape index (κ2) is 7.31. The van der Waals surface area contributed by atoms with E-state index in [0.29, 0.717) is 0 Å². The van der Waals surface area contributed by atoms with Crippen molar-refractivity contribution in [3.05, 3.63) is 45.6 Å². The molecule has 1 heterocycles. The number of benzene rings is 1. The number of nitrogens with zero attached hydrogens (tertiary/aromatic N) is 2. The Morgan fingerprint density at radius 2 is 2.12 bits per heavy atom. The van der Waals surface area contributed by atoms with Crippen LogP contribution in [-0.2, 0) is 5.54 Å². The van der Waals surface area contributed by atoms with Crippen LogP contribution >= 0.6 is 23.5 Å². The fourth-order valence-electron chi connectivity index (χ4n) is 3.58. The van der Waals surface area contributed by atoms with Crippen molar-refractivity contribution in [3.8, 4) is 0 Å². The molecule has 1 aliphatic heterocycles. The Balaban J connectivity index is 2.02. The van der Waals surface area contributed by atoms with E-state index in [4.69, 9.17) is 17.3 Å². The van der Waals surface area contributed by atoms with Crippen LogP contribution in [0.2, 0.25) is 5.02 Å². The molecule has 1 aromatic rings. The standard InChI is InChI=1S/C19H27ClN4S/c1-12-17(21)16(5-8-24(12)3)18(22-2)13-9-14(11-15(20)10-13)19(6-7-19)23-25-4/h9-12,23H,5-8,21H2,1-4H3. The lowest BCUT2D eigenvalue weighted by atomic mass is 9.90. The second-order valence-corrected chi connectivity index (χ2v) is 8.08. The molecule has 25 heavy (non-hydrogen) atoms. The van der Waals surface area contributed by atoms with Gasteiger partial charge in [-0.2, -0.15) is 0 Å². The van der Waals surface area contributed by atoms with Gasteiger partial charge in [-0.1, -0.05) is 23.5 Å². The van der Waals surface area contributed by atoms with Gasteiger partial charge in [-0.05, 0) is 68.8 Å². The first-order chi connectivity index (χ1) is 11.9. The average Bonchev–Trinajstić information content (AvgIpc) is 3.36. The topological polar surface area (TPSA) is 53.6 Å². The number of likely N-dealkylation sites (N-methyl/N-ethyl adjacent to an activating group) is 1. The molecule has 1 saturated carbocycles. The van der Waals surface area contributed by atoms with Gasteiger partial charge in [0, 0.05) is 35.9 Å². The van der Waals surface area contributed by atoms with Gasteiger partial charge in [0.15, 0.2) is 0 Å². The van der Waals surface area contributed by atoms with Gasteiger partial charge in [-0.15, -0.1) is 0 Å². The Labute approximate surface area is 160 Å². The molecule has 4 nitrogen and oxygen atoms in total. The number of hydrogen-bond donors (Lipinski definition) is 2. The number of hydrogen-bond acceptors (Lipinski definition) is 5. The van der Waals surface area contributed by atoms with Gasteiger partial charge in [-0.3, -0.25) is 14.6 Å². The molecular weight excluding hydrogens is 352 g/mol. The summed E-state index contributed by atoms with van der Waals surface area (Å²) in [5.74, 6) is 0. The molecule has 1 aromatic carbocycles. The first-order valence-electron chi connectivity index (χ1n) is 8.69. The van der Waals surface area contributed by atoms with Gasteiger partial charge in [0.05, 0.1) is 11.3 Å². The Bertz CT molecular complexity index is 724. The van der Waals surface area contributed by atoms with Gasteiger partial charge in [0.25, 0.3) is 0 Å². The molecule has 3 rings (SSSR count). The van der Waals surface area contributed by atoms with Crippen LogP contribution in [0.3, 0.4) is 0 Å². The van der Waals surface area contributed by atoms with E-state index in [1.807, 2.05) is 13.1 Å². The van der Waals surface area contributed by atoms with E-state index in [9.17, 15) is 0 Å². The van der Waals surface area contributed by atoms with Crippen molar-refractivity contribution in [2.24, 2.45) is 10.7 Å². The molecule has 6 heteroatoms. The zero-order chi connectivity index (χ0) is 18.2. The monoisotopic (exact) mass is 378 g/mol. The fraction of sp³-hybridized carbons (Fsp3) is 0.526. The summed E-state index contributed by atoms with van der Waals surface area (Å²) in [6, 6.07) is 6.54. The van der Waals surface area contributed by atoms with Crippen molar-refractivity contribution >= 4 is 29.3 Å². The minimum atomic E-state index is 0.0535. The summed E-state index contributed by atoms with van der Waals surface area (Å²) in [7, 11) is 3.95. The molecule has 0 bridgehead atoms. The van der Waals surface area contributed by atoms with Crippen LogP contribution in [0.1, 0.15) is 37.3 Å². The normalized spacial score (nSPS) is 23.9. The third-order valence-corrected chi connectivity index (χ3v) is 6.27. The smallest absolute Gasteiger partial charge is 0.0694 e. The minimum Gasteiger partial charge on any atom is -0.400 e. The third-order valence-electron chi connectivity index (χ3n) is 5.45. The van der Waals surface area contributed by atoms with Crippen molar-refractivity contribution in [2.45, 2.75) is 37.8 Å². The second-order valence-electron chi connectivity index (χ2n) is 7.03. The zero-order valence-electron chi connectivity index (χ0n) is 15.4. The number of nitrogens with two attached hydrogens (primary N) is 1. The van der Waals surface area contributed by atoms with E-state index in [1.54, 1.807) is 11.9 Å². The van der Waals surface area contributed by atoms with Gasteiger partial charge in [0.2, 0.25) is 0 Å². The maximum Gasteiger partial charge on any atom is 0.0694 e. The van der Waals surface area contributed by atoms with Gasteiger partial charge < -0.3 is 5.73 Å². The van der Waals surface area contributed by atoms with Crippen LogP contribution in [0, 0.1) is 0 Å². The van der Waals surface area contributed by atoms with Crippen LogP contribution in [0.25, 0.3) is 0 Å². The van der Waals surface area contributed by atoms with E-state index in [0.717, 1.165) is 53.4 Å². The minimum absolute atomic E-state index is 0.0535. The quantitative estimate of drug-likeness (QED) is 0.607. The molecule has 1 aliphatic carbocycles. The van der Waals surface area contributed by atoms with Crippen LogP contribution in [0.5, 0.6) is 0 Å². The van der Waals surface area contributed by atoms with Crippen LogP contribution < -0.4 is 10.5 Å². The molecule has 1 atom stereocenters. The van der Waals surface area contributed by atoms with E-state index in [1.165, 1.54) is 5.56 Å². The predicted molar refractivity (Wildman–Crippen MR) is 109 cm³/mol. The van der Waals surface area contributed by atoms with Gasteiger partial charge >= 0.3 is 0 Å². The largest absolute Gasteiger partial charge is 0.400 e. The van der Waals surface area contributed by atoms with E-state index in [2.05, 4.69) is 47.0 Å². The number of halogens is 1. The highest BCUT2D eigenvalue weighted by molar-refractivity contribution is 7.96. The summed E-state index contributed by atoms with van der Waals surface area (Å²) >= 11 is 8.13. The molecule has 2 aliphatic rings. The predicted octanol–water partition coefficient (Wildman–Crippen LogP) is 3.55. The lowest BCUT2D eigenvalue weighted by Gasteiger charge is -2.33. The molecule has 0 amide bonds. The van der Waals surface area contributed by atoms with E-state index < -0.39 is 0 Å². The highest BCUT2D eigenvalue weighted by Gasteiger charge is 2.44. The Kier molecular flexibility index (Phi) is 5.49. The van der Waals surface area contributed by atoms with Crippen molar-refractivity contribution in [3.63, 3.8) is 0 Å². The van der Waals surface area contributed by atoms with E-state index in [-0.39, 0.29) is 11.6 Å². The molecule has 0 spiro atoms. The first-order valence-corrected chi connectivity index (χ1v) is 10.3. The maximum absolute atomic E-state index is 6.47. The molecule has 3 N–H and O–H groups in total. The van der Waals surface area contributed by atoms with Crippen molar-refractivity contribution in [1.82, 2.24) is 9.62 Å². The third kappa shape index (κ3) is 3.61. The molecule has 1 unspecified atom stereocenters. The van der Waals surface area contributed by atoms with Crippen molar-refractivity contribution < 1.29 is 0 Å². The first kappa shape index (κ1) is 18.8. The van der Waals surface area contributed by atoms with Crippen LogP contribution in [0.15, 0.2) is 34.5 Å². The SMILES string of the molecule is CN=C(C1=C(N)C(C)N(C)CC1)c1cc(Cl)cc(C2(NSC)CC2)c1. The summed E-state index contributed by atoms with van der Waals surface area (Å²) in [6.07, 6.45) is 5.25. The van der Waals surface area contributed by atoms with Crippen molar-refractivity contribution in [1.29, 1.82) is 0 Å². The summed E-state index contributed by atoms with van der Waals surface area (Å²) in [5.41, 5.74) is 11.9. The summed E-state index contributed by atoms with van der Waals surface area (Å²) in [4.78, 5) is 6.87. The summed E-state index contributed by atoms with van der Waals surface area (Å²) in [6.45, 7) is 3.13. The highest BCUT2D eigenvalue weighted by atomic mass is 35.5. The summed E-state index contributed by atoms with van der Waals surface area (Å²) in [5, 5.41) is 0.753. The number of aliphatic imine (C=N–C) groups is 1. The van der Waals surface area contributed by atoms with Crippen LogP contribution in [-0.4, -0.2) is 43.5 Å². The van der Waals surface area contributed by atoms with Crippen LogP contribution in [0.4, 0.5) is 0 Å². The molecule has 0 saturated heterocycles. The van der Waals surface area contributed by atoms with Crippen molar-refractivity contribution in [2.75, 3.05) is 26.9 Å². The Hall–Kier alpha value is -1.01. The number of rotatable bonds is 5. The van der Waals surface area contributed by atoms with E-state index >= 15 is 0 Å². The lowest BCUT2D eigenvalue weighted by molar-refractivity contribution is 0.273. The fourth-order valence-corrected chi connectivity index (χ4v) is 4.53. The molecular formula is C19H27ClN4S. The summed E-state index contributed by atoms with van der Waals surface area (Å²) < 4.78 is 3.54. The molecule has 0 radical (unpaired) electrons. The van der Waals surface area contributed by atoms with Gasteiger partial charge in [-0.25, -0.2) is 0 Å². The Morgan fingerprint density at radius 1 is 1.40 bits per heavy atom. The highest BCUT2D eigenvalue weighted by Crippen LogP contribution is 2.47. The Morgan fingerprint density at radius 3 is 2.72 bits per heavy atom. The molecule has 0 aromatic heterocycles. The van der Waals surface area contributed by atoms with Gasteiger partial charge in [0.1, 0.15) is 0 Å². The number of nitrogens with one attached hydrogen (secondary N) is 1. The maximum atomic E-state index is 6.47. The molecule has 136 valence electrons. The average molecular weight is 379 g/mol. The zero-order valence-corrected chi connectivity index (χ0v) is 17.0. The molecule has 1 fully saturated rings. The lowest BCUT2D eigenvalue weighted by Crippen LogP contribution is -2.40.